The smallest absolute Gasteiger partial charge is 0.223 e. The first-order valence-corrected chi connectivity index (χ1v) is 11.7. The highest BCUT2D eigenvalue weighted by atomic mass is 35.5. The van der Waals surface area contributed by atoms with Crippen LogP contribution < -0.4 is 16.0 Å². The summed E-state index contributed by atoms with van der Waals surface area (Å²) in [5, 5.41) is 11.9. The van der Waals surface area contributed by atoms with E-state index >= 15 is 0 Å². The highest BCUT2D eigenvalue weighted by Gasteiger charge is 2.16. The summed E-state index contributed by atoms with van der Waals surface area (Å²) in [5.74, 6) is 0.593. The van der Waals surface area contributed by atoms with Crippen molar-refractivity contribution in [2.45, 2.75) is 18.9 Å². The molecule has 9 heteroatoms. The van der Waals surface area contributed by atoms with E-state index in [1.165, 1.54) is 0 Å². The van der Waals surface area contributed by atoms with Gasteiger partial charge in [0.05, 0.1) is 16.3 Å². The van der Waals surface area contributed by atoms with Crippen molar-refractivity contribution in [3.8, 4) is 21.8 Å². The number of thiazole rings is 1. The number of anilines is 2. The zero-order valence-corrected chi connectivity index (χ0v) is 19.4. The standard InChI is InChI=1S/C22H28ClN7S/c1-30(2)12-11-25-21-28-18(16-5-3-4-6-17(16)23)13-19(29-21)20-14-26-22(31-20)27-15-7-9-24-10-8-15/h3-6,13-15,24H,7-12H2,1-2H3,(H,26,27)(H,25,28,29). The normalized spacial score (nSPS) is 14.7. The van der Waals surface area contributed by atoms with Crippen LogP contribution in [0.2, 0.25) is 5.02 Å². The van der Waals surface area contributed by atoms with Crippen LogP contribution in [0.4, 0.5) is 11.1 Å². The number of aromatic nitrogens is 3. The highest BCUT2D eigenvalue weighted by molar-refractivity contribution is 7.18. The maximum absolute atomic E-state index is 6.46. The summed E-state index contributed by atoms with van der Waals surface area (Å²) in [5.41, 5.74) is 2.53. The minimum absolute atomic E-state index is 0.465. The predicted molar refractivity (Wildman–Crippen MR) is 130 cm³/mol. The van der Waals surface area contributed by atoms with Gasteiger partial charge in [0.1, 0.15) is 0 Å². The number of piperidine rings is 1. The lowest BCUT2D eigenvalue weighted by Crippen LogP contribution is -2.35. The molecule has 0 aliphatic carbocycles. The number of nitrogens with one attached hydrogen (secondary N) is 3. The SMILES string of the molecule is CN(C)CCNc1nc(-c2cnc(NC3CCNCC3)s2)cc(-c2ccccc2Cl)n1. The number of halogens is 1. The van der Waals surface area contributed by atoms with Crippen molar-refractivity contribution in [2.75, 3.05) is 50.9 Å². The van der Waals surface area contributed by atoms with Crippen molar-refractivity contribution in [2.24, 2.45) is 0 Å². The monoisotopic (exact) mass is 457 g/mol. The number of benzene rings is 1. The highest BCUT2D eigenvalue weighted by Crippen LogP contribution is 2.33. The maximum Gasteiger partial charge on any atom is 0.223 e. The van der Waals surface area contributed by atoms with Gasteiger partial charge in [-0.15, -0.1) is 0 Å². The molecule has 31 heavy (non-hydrogen) atoms. The lowest BCUT2D eigenvalue weighted by molar-refractivity contribution is 0.425. The Bertz CT molecular complexity index is 1000. The molecule has 3 aromatic rings. The Kier molecular flexibility index (Phi) is 7.34. The van der Waals surface area contributed by atoms with Gasteiger partial charge in [0.25, 0.3) is 0 Å². The lowest BCUT2D eigenvalue weighted by Gasteiger charge is -2.23. The zero-order chi connectivity index (χ0) is 21.6. The molecule has 0 atom stereocenters. The molecule has 0 unspecified atom stereocenters. The van der Waals surface area contributed by atoms with Gasteiger partial charge in [-0.05, 0) is 52.2 Å². The number of hydrogen-bond donors (Lipinski definition) is 3. The van der Waals surface area contributed by atoms with E-state index in [1.54, 1.807) is 11.3 Å². The second kappa shape index (κ2) is 10.4. The summed E-state index contributed by atoms with van der Waals surface area (Å²) in [6, 6.07) is 10.2. The largest absolute Gasteiger partial charge is 0.359 e. The van der Waals surface area contributed by atoms with Crippen LogP contribution in [0.1, 0.15) is 12.8 Å². The fourth-order valence-corrected chi connectivity index (χ4v) is 4.54. The van der Waals surface area contributed by atoms with Gasteiger partial charge in [-0.2, -0.15) is 0 Å². The van der Waals surface area contributed by atoms with Gasteiger partial charge in [0.2, 0.25) is 5.95 Å². The first-order valence-electron chi connectivity index (χ1n) is 10.5. The van der Waals surface area contributed by atoms with Gasteiger partial charge >= 0.3 is 0 Å². The molecule has 7 nitrogen and oxygen atoms in total. The van der Waals surface area contributed by atoms with Crippen LogP contribution in [0.5, 0.6) is 0 Å². The molecule has 4 rings (SSSR count). The van der Waals surface area contributed by atoms with Crippen LogP contribution in [0.3, 0.4) is 0 Å². The molecule has 3 N–H and O–H groups in total. The Balaban J connectivity index is 1.61. The molecule has 1 aromatic carbocycles. The van der Waals surface area contributed by atoms with Crippen LogP contribution in [0.25, 0.3) is 21.8 Å². The molecule has 1 saturated heterocycles. The molecule has 0 saturated carbocycles. The van der Waals surface area contributed by atoms with E-state index in [0.717, 1.165) is 66.0 Å². The Labute approximate surface area is 192 Å². The lowest BCUT2D eigenvalue weighted by atomic mass is 10.1. The molecule has 164 valence electrons. The van der Waals surface area contributed by atoms with E-state index in [1.807, 2.05) is 50.6 Å². The molecule has 0 bridgehead atoms. The molecule has 0 amide bonds. The summed E-state index contributed by atoms with van der Waals surface area (Å²) < 4.78 is 0. The number of nitrogens with zero attached hydrogens (tertiary/aromatic N) is 4. The first-order chi connectivity index (χ1) is 15.1. The third-order valence-electron chi connectivity index (χ3n) is 5.14. The van der Waals surface area contributed by atoms with Crippen LogP contribution in [0.15, 0.2) is 36.5 Å². The van der Waals surface area contributed by atoms with Crippen molar-refractivity contribution < 1.29 is 0 Å². The van der Waals surface area contributed by atoms with Crippen LogP contribution >= 0.6 is 22.9 Å². The molecule has 3 heterocycles. The second-order valence-corrected chi connectivity index (χ2v) is 9.31. The molecule has 1 aliphatic heterocycles. The van der Waals surface area contributed by atoms with Gasteiger partial charge in [-0.25, -0.2) is 15.0 Å². The molecule has 1 aliphatic rings. The van der Waals surface area contributed by atoms with E-state index in [2.05, 4.69) is 25.8 Å². The fraction of sp³-hybridized carbons (Fsp3) is 0.409. The van der Waals surface area contributed by atoms with E-state index in [0.29, 0.717) is 17.0 Å². The van der Waals surface area contributed by atoms with Crippen molar-refractivity contribution in [1.29, 1.82) is 0 Å². The van der Waals surface area contributed by atoms with E-state index in [4.69, 9.17) is 21.6 Å². The van der Waals surface area contributed by atoms with Crippen LogP contribution in [-0.4, -0.2) is 66.2 Å². The average Bonchev–Trinajstić information content (AvgIpc) is 3.23. The number of hydrogen-bond acceptors (Lipinski definition) is 8. The Morgan fingerprint density at radius 2 is 1.94 bits per heavy atom. The summed E-state index contributed by atoms with van der Waals surface area (Å²) in [6.45, 7) is 3.74. The van der Waals surface area contributed by atoms with Crippen molar-refractivity contribution >= 4 is 34.0 Å². The Morgan fingerprint density at radius 3 is 2.71 bits per heavy atom. The zero-order valence-electron chi connectivity index (χ0n) is 17.9. The molecular formula is C22H28ClN7S. The Hall–Kier alpha value is -2.26. The van der Waals surface area contributed by atoms with Crippen molar-refractivity contribution in [3.63, 3.8) is 0 Å². The summed E-state index contributed by atoms with van der Waals surface area (Å²) in [6.07, 6.45) is 4.11. The predicted octanol–water partition coefficient (Wildman–Crippen LogP) is 4.06. The maximum atomic E-state index is 6.46. The minimum Gasteiger partial charge on any atom is -0.359 e. The molecule has 1 fully saturated rings. The van der Waals surface area contributed by atoms with Gasteiger partial charge < -0.3 is 20.9 Å². The summed E-state index contributed by atoms with van der Waals surface area (Å²) in [4.78, 5) is 17.2. The van der Waals surface area contributed by atoms with Gasteiger partial charge in [0.15, 0.2) is 5.13 Å². The molecular weight excluding hydrogens is 430 g/mol. The van der Waals surface area contributed by atoms with E-state index < -0.39 is 0 Å². The Morgan fingerprint density at radius 1 is 1.16 bits per heavy atom. The second-order valence-electron chi connectivity index (χ2n) is 7.87. The third kappa shape index (κ3) is 5.92. The third-order valence-corrected chi connectivity index (χ3v) is 6.42. The first kappa shape index (κ1) is 22.0. The average molecular weight is 458 g/mol. The summed E-state index contributed by atoms with van der Waals surface area (Å²) in [7, 11) is 4.09. The van der Waals surface area contributed by atoms with E-state index in [-0.39, 0.29) is 0 Å². The summed E-state index contributed by atoms with van der Waals surface area (Å²) >= 11 is 8.08. The van der Waals surface area contributed by atoms with Crippen LogP contribution in [0, 0.1) is 0 Å². The van der Waals surface area contributed by atoms with Gasteiger partial charge in [0, 0.05) is 35.9 Å². The number of rotatable bonds is 8. The van der Waals surface area contributed by atoms with Gasteiger partial charge in [-0.3, -0.25) is 0 Å². The van der Waals surface area contributed by atoms with Gasteiger partial charge in [-0.1, -0.05) is 41.1 Å². The van der Waals surface area contributed by atoms with Crippen molar-refractivity contribution in [1.82, 2.24) is 25.2 Å². The quantitative estimate of drug-likeness (QED) is 0.470. The molecule has 0 spiro atoms. The minimum atomic E-state index is 0.465. The molecule has 2 aromatic heterocycles. The number of likely N-dealkylation sites (N-methyl/N-ethyl adjacent to an activating group) is 1. The van der Waals surface area contributed by atoms with Crippen LogP contribution in [-0.2, 0) is 0 Å². The fourth-order valence-electron chi connectivity index (χ4n) is 3.45. The van der Waals surface area contributed by atoms with E-state index in [9.17, 15) is 0 Å². The molecule has 0 radical (unpaired) electrons. The van der Waals surface area contributed by atoms with Crippen molar-refractivity contribution in [3.05, 3.63) is 41.6 Å². The topological polar surface area (TPSA) is 78.0 Å².